The molecule has 1 heterocycles. The Morgan fingerprint density at radius 3 is 2.31 bits per heavy atom. The average Bonchev–Trinajstić information content (AvgIpc) is 2.69. The number of nitrogens with one attached hydrogen (secondary N) is 1. The summed E-state index contributed by atoms with van der Waals surface area (Å²) in [6.45, 7) is 6.75. The van der Waals surface area contributed by atoms with Crippen molar-refractivity contribution < 1.29 is 0 Å². The highest BCUT2D eigenvalue weighted by molar-refractivity contribution is 5.57. The Hall–Kier alpha value is -1.64. The largest absolute Gasteiger partial charge is 0.265 e. The van der Waals surface area contributed by atoms with Gasteiger partial charge in [-0.3, -0.25) is 5.10 Å². The third-order valence-corrected chi connectivity index (χ3v) is 2.40. The molecule has 0 radical (unpaired) electrons. The molecule has 0 fully saturated rings. The Kier molecular flexibility index (Phi) is 2.77. The maximum absolute atomic E-state index is 3.99. The zero-order chi connectivity index (χ0) is 11.6. The molecule has 0 saturated carbocycles. The zero-order valence-electron chi connectivity index (χ0n) is 9.99. The van der Waals surface area contributed by atoms with E-state index >= 15 is 0 Å². The van der Waals surface area contributed by atoms with Crippen LogP contribution >= 0.6 is 0 Å². The van der Waals surface area contributed by atoms with Crippen LogP contribution in [-0.4, -0.2) is 15.4 Å². The van der Waals surface area contributed by atoms with Gasteiger partial charge in [0.05, 0.1) is 0 Å². The van der Waals surface area contributed by atoms with Crippen molar-refractivity contribution >= 4 is 0 Å². The van der Waals surface area contributed by atoms with E-state index in [0.717, 1.165) is 17.7 Å². The molecule has 1 N–H and O–H groups in total. The SMILES string of the molecule is CC(C)(C)Cc1ccc(-c2c[nH]nn2)cc1. The normalized spacial score (nSPS) is 11.7. The lowest BCUT2D eigenvalue weighted by molar-refractivity contribution is 0.411. The summed E-state index contributed by atoms with van der Waals surface area (Å²) in [5, 5.41) is 10.4. The molecule has 0 aliphatic heterocycles. The lowest BCUT2D eigenvalue weighted by atomic mass is 9.88. The van der Waals surface area contributed by atoms with Crippen molar-refractivity contribution in [1.82, 2.24) is 15.4 Å². The summed E-state index contributed by atoms with van der Waals surface area (Å²) in [4.78, 5) is 0. The van der Waals surface area contributed by atoms with Crippen LogP contribution in [0.15, 0.2) is 30.5 Å². The minimum Gasteiger partial charge on any atom is -0.265 e. The van der Waals surface area contributed by atoms with E-state index in [2.05, 4.69) is 60.4 Å². The fourth-order valence-electron chi connectivity index (χ4n) is 1.75. The average molecular weight is 215 g/mol. The van der Waals surface area contributed by atoms with Gasteiger partial charge in [-0.1, -0.05) is 50.3 Å². The van der Waals surface area contributed by atoms with Gasteiger partial charge in [-0.15, -0.1) is 5.10 Å². The van der Waals surface area contributed by atoms with Crippen LogP contribution < -0.4 is 0 Å². The lowest BCUT2D eigenvalue weighted by Crippen LogP contribution is -2.08. The van der Waals surface area contributed by atoms with E-state index in [9.17, 15) is 0 Å². The van der Waals surface area contributed by atoms with Crippen molar-refractivity contribution in [2.45, 2.75) is 27.2 Å². The van der Waals surface area contributed by atoms with E-state index in [-0.39, 0.29) is 0 Å². The van der Waals surface area contributed by atoms with Gasteiger partial charge in [0.15, 0.2) is 0 Å². The molecule has 0 bridgehead atoms. The summed E-state index contributed by atoms with van der Waals surface area (Å²) in [5.41, 5.74) is 3.68. The Balaban J connectivity index is 2.17. The summed E-state index contributed by atoms with van der Waals surface area (Å²) < 4.78 is 0. The molecule has 1 aromatic carbocycles. The molecule has 3 nitrogen and oxygen atoms in total. The van der Waals surface area contributed by atoms with Crippen LogP contribution in [0.2, 0.25) is 0 Å². The molecule has 3 heteroatoms. The van der Waals surface area contributed by atoms with Gasteiger partial charge in [0.25, 0.3) is 0 Å². The third-order valence-electron chi connectivity index (χ3n) is 2.40. The van der Waals surface area contributed by atoms with Gasteiger partial charge in [0.2, 0.25) is 0 Å². The summed E-state index contributed by atoms with van der Waals surface area (Å²) in [6, 6.07) is 8.52. The van der Waals surface area contributed by atoms with E-state index in [1.54, 1.807) is 6.20 Å². The number of H-pyrrole nitrogens is 1. The molecule has 16 heavy (non-hydrogen) atoms. The lowest BCUT2D eigenvalue weighted by Gasteiger charge is -2.18. The Labute approximate surface area is 95.9 Å². The van der Waals surface area contributed by atoms with Crippen molar-refractivity contribution in [3.63, 3.8) is 0 Å². The maximum atomic E-state index is 3.99. The highest BCUT2D eigenvalue weighted by Crippen LogP contribution is 2.22. The standard InChI is InChI=1S/C13H17N3/c1-13(2,3)8-10-4-6-11(7-5-10)12-9-14-16-15-12/h4-7,9H,8H2,1-3H3,(H,14,15,16). The van der Waals surface area contributed by atoms with Gasteiger partial charge in [-0.25, -0.2) is 0 Å². The van der Waals surface area contributed by atoms with Gasteiger partial charge in [0.1, 0.15) is 5.69 Å². The number of hydrogen-bond acceptors (Lipinski definition) is 2. The predicted molar refractivity (Wildman–Crippen MR) is 65.0 cm³/mol. The summed E-state index contributed by atoms with van der Waals surface area (Å²) in [6.07, 6.45) is 2.89. The van der Waals surface area contributed by atoms with Crippen molar-refractivity contribution in [3.05, 3.63) is 36.0 Å². The minimum absolute atomic E-state index is 0.329. The number of hydrogen-bond donors (Lipinski definition) is 1. The molecular weight excluding hydrogens is 198 g/mol. The van der Waals surface area contributed by atoms with Gasteiger partial charge < -0.3 is 0 Å². The summed E-state index contributed by atoms with van der Waals surface area (Å²) in [5.74, 6) is 0. The summed E-state index contributed by atoms with van der Waals surface area (Å²) >= 11 is 0. The first-order chi connectivity index (χ1) is 7.54. The molecule has 0 atom stereocenters. The van der Waals surface area contributed by atoms with Crippen molar-refractivity contribution in [2.75, 3.05) is 0 Å². The van der Waals surface area contributed by atoms with Crippen molar-refractivity contribution in [2.24, 2.45) is 5.41 Å². The molecule has 84 valence electrons. The fraction of sp³-hybridized carbons (Fsp3) is 0.385. The van der Waals surface area contributed by atoms with E-state index in [4.69, 9.17) is 0 Å². The monoisotopic (exact) mass is 215 g/mol. The molecular formula is C13H17N3. The second-order valence-corrected chi connectivity index (χ2v) is 5.29. The highest BCUT2D eigenvalue weighted by Gasteiger charge is 2.11. The molecule has 2 rings (SSSR count). The third kappa shape index (κ3) is 2.69. The first kappa shape index (κ1) is 10.9. The molecule has 0 saturated heterocycles. The Morgan fingerprint density at radius 2 is 1.81 bits per heavy atom. The molecule has 0 amide bonds. The van der Waals surface area contributed by atoms with E-state index in [1.165, 1.54) is 5.56 Å². The van der Waals surface area contributed by atoms with Crippen molar-refractivity contribution in [1.29, 1.82) is 0 Å². The minimum atomic E-state index is 0.329. The first-order valence-corrected chi connectivity index (χ1v) is 5.50. The summed E-state index contributed by atoms with van der Waals surface area (Å²) in [7, 11) is 0. The predicted octanol–water partition coefficient (Wildman–Crippen LogP) is 3.06. The number of nitrogens with zero attached hydrogens (tertiary/aromatic N) is 2. The number of aromatic nitrogens is 3. The highest BCUT2D eigenvalue weighted by atomic mass is 15.3. The molecule has 0 aliphatic carbocycles. The van der Waals surface area contributed by atoms with E-state index in [0.29, 0.717) is 5.41 Å². The van der Waals surface area contributed by atoms with Crippen LogP contribution in [0, 0.1) is 5.41 Å². The van der Waals surface area contributed by atoms with Gasteiger partial charge in [0, 0.05) is 11.8 Å². The number of aromatic amines is 1. The molecule has 1 aromatic heterocycles. The van der Waals surface area contributed by atoms with Crippen LogP contribution in [0.3, 0.4) is 0 Å². The van der Waals surface area contributed by atoms with Gasteiger partial charge in [-0.2, -0.15) is 0 Å². The number of rotatable bonds is 2. The van der Waals surface area contributed by atoms with Crippen LogP contribution in [-0.2, 0) is 6.42 Å². The second kappa shape index (κ2) is 4.08. The Bertz CT molecular complexity index is 435. The Morgan fingerprint density at radius 1 is 1.12 bits per heavy atom. The number of benzene rings is 1. The molecule has 0 aliphatic rings. The van der Waals surface area contributed by atoms with Gasteiger partial charge in [-0.05, 0) is 17.4 Å². The van der Waals surface area contributed by atoms with Crippen LogP contribution in [0.25, 0.3) is 11.3 Å². The van der Waals surface area contributed by atoms with Crippen LogP contribution in [0.5, 0.6) is 0 Å². The zero-order valence-corrected chi connectivity index (χ0v) is 9.99. The molecule has 0 spiro atoms. The van der Waals surface area contributed by atoms with E-state index in [1.807, 2.05) is 0 Å². The second-order valence-electron chi connectivity index (χ2n) is 5.29. The van der Waals surface area contributed by atoms with Gasteiger partial charge >= 0.3 is 0 Å². The molecule has 0 unspecified atom stereocenters. The maximum Gasteiger partial charge on any atom is 0.112 e. The van der Waals surface area contributed by atoms with E-state index < -0.39 is 0 Å². The smallest absolute Gasteiger partial charge is 0.112 e. The van der Waals surface area contributed by atoms with Crippen LogP contribution in [0.1, 0.15) is 26.3 Å². The van der Waals surface area contributed by atoms with Crippen LogP contribution in [0.4, 0.5) is 0 Å². The molecule has 2 aromatic rings. The topological polar surface area (TPSA) is 41.6 Å². The fourth-order valence-corrected chi connectivity index (χ4v) is 1.75. The van der Waals surface area contributed by atoms with Crippen molar-refractivity contribution in [3.8, 4) is 11.3 Å². The quantitative estimate of drug-likeness (QED) is 0.836. The first-order valence-electron chi connectivity index (χ1n) is 5.50.